The monoisotopic (exact) mass is 423 g/mol. The van der Waals surface area contributed by atoms with E-state index in [4.69, 9.17) is 4.74 Å². The molecule has 3 N–H and O–H groups in total. The van der Waals surface area contributed by atoms with Crippen molar-refractivity contribution in [2.24, 2.45) is 0 Å². The number of aryl methyl sites for hydroxylation is 1. The summed E-state index contributed by atoms with van der Waals surface area (Å²) in [7, 11) is 1.45. The summed E-state index contributed by atoms with van der Waals surface area (Å²) >= 11 is 1.41. The molecular formula is C22H21N3O4S. The van der Waals surface area contributed by atoms with Gasteiger partial charge in [-0.05, 0) is 35.7 Å². The molecule has 0 radical (unpaired) electrons. The number of amides is 1. The van der Waals surface area contributed by atoms with Crippen molar-refractivity contribution >= 4 is 23.5 Å². The number of ether oxygens (including phenoxy) is 1. The first kappa shape index (κ1) is 20.0. The number of H-pyrrole nitrogens is 1. The third-order valence-electron chi connectivity index (χ3n) is 5.16. The molecule has 1 aliphatic rings. The number of phenolic OH excluding ortho intramolecular Hbond substituents is 1. The van der Waals surface area contributed by atoms with Gasteiger partial charge in [0.2, 0.25) is 5.91 Å². The summed E-state index contributed by atoms with van der Waals surface area (Å²) in [6.07, 6.45) is 0.112. The number of phenols is 1. The van der Waals surface area contributed by atoms with Gasteiger partial charge < -0.3 is 20.1 Å². The van der Waals surface area contributed by atoms with Crippen molar-refractivity contribution in [3.05, 3.63) is 75.1 Å². The van der Waals surface area contributed by atoms with Crippen molar-refractivity contribution in [3.63, 3.8) is 0 Å². The third kappa shape index (κ3) is 3.91. The molecule has 0 bridgehead atoms. The van der Waals surface area contributed by atoms with Gasteiger partial charge in [0, 0.05) is 18.1 Å². The molecule has 2 aromatic carbocycles. The average Bonchev–Trinajstić information content (AvgIpc) is 2.72. The molecule has 154 valence electrons. The Morgan fingerprint density at radius 1 is 1.23 bits per heavy atom. The van der Waals surface area contributed by atoms with Gasteiger partial charge >= 0.3 is 0 Å². The number of carbonyl (C=O) groups excluding carboxylic acids is 1. The molecule has 1 amide bonds. The number of carbonyl (C=O) groups is 1. The topological polar surface area (TPSA) is 104 Å². The molecule has 0 fully saturated rings. The normalized spacial score (nSPS) is 15.4. The Morgan fingerprint density at radius 3 is 2.80 bits per heavy atom. The fourth-order valence-corrected chi connectivity index (χ4v) is 4.47. The van der Waals surface area contributed by atoms with E-state index in [2.05, 4.69) is 15.3 Å². The van der Waals surface area contributed by atoms with Gasteiger partial charge in [0.25, 0.3) is 5.56 Å². The first-order valence-corrected chi connectivity index (χ1v) is 10.4. The number of nitrogens with one attached hydrogen (secondary N) is 2. The van der Waals surface area contributed by atoms with Crippen molar-refractivity contribution in [2.45, 2.75) is 30.2 Å². The maximum Gasteiger partial charge on any atom is 0.257 e. The second-order valence-electron chi connectivity index (χ2n) is 7.08. The van der Waals surface area contributed by atoms with Crippen LogP contribution in [0, 0.1) is 6.92 Å². The summed E-state index contributed by atoms with van der Waals surface area (Å²) in [4.78, 5) is 32.6. The summed E-state index contributed by atoms with van der Waals surface area (Å²) in [5.41, 5.74) is 3.14. The van der Waals surface area contributed by atoms with Crippen LogP contribution in [-0.2, 0) is 10.5 Å². The van der Waals surface area contributed by atoms with Crippen molar-refractivity contribution in [1.29, 1.82) is 0 Å². The molecule has 7 nitrogen and oxygen atoms in total. The molecule has 0 saturated carbocycles. The first-order chi connectivity index (χ1) is 14.5. The molecule has 4 rings (SSSR count). The lowest BCUT2D eigenvalue weighted by molar-refractivity contribution is -0.116. The molecule has 0 saturated heterocycles. The smallest absolute Gasteiger partial charge is 0.257 e. The summed E-state index contributed by atoms with van der Waals surface area (Å²) in [5.74, 6) is 0.522. The lowest BCUT2D eigenvalue weighted by Gasteiger charge is -2.25. The summed E-state index contributed by atoms with van der Waals surface area (Å²) in [5, 5.41) is 13.0. The number of benzene rings is 2. The van der Waals surface area contributed by atoms with Crippen LogP contribution >= 0.6 is 11.8 Å². The van der Waals surface area contributed by atoms with E-state index in [1.54, 1.807) is 12.1 Å². The van der Waals surface area contributed by atoms with Gasteiger partial charge in [0.1, 0.15) is 5.82 Å². The Labute approximate surface area is 177 Å². The minimum absolute atomic E-state index is 0.00303. The Bertz CT molecular complexity index is 1180. The maximum atomic E-state index is 12.9. The summed E-state index contributed by atoms with van der Waals surface area (Å²) in [6.45, 7) is 2.04. The number of nitrogens with zero attached hydrogens (tertiary/aromatic N) is 1. The van der Waals surface area contributed by atoms with E-state index in [-0.39, 0.29) is 35.2 Å². The number of rotatable bonds is 5. The molecule has 1 unspecified atom stereocenters. The van der Waals surface area contributed by atoms with Crippen LogP contribution in [0.3, 0.4) is 0 Å². The SMILES string of the molecule is COc1cc(C2CC(=O)Nc3nc(SCc4ccccc4C)[nH]c(=O)c32)ccc1O. The number of thioether (sulfide) groups is 1. The fraction of sp³-hybridized carbons (Fsp3) is 0.227. The number of aromatic hydroxyl groups is 1. The number of hydrogen-bond donors (Lipinski definition) is 3. The quantitative estimate of drug-likeness (QED) is 0.428. The molecule has 1 atom stereocenters. The number of methoxy groups -OCH3 is 1. The standard InChI is InChI=1S/C22H21N3O4S/c1-12-5-3-4-6-14(12)11-30-22-24-20-19(21(28)25-22)15(10-18(27)23-20)13-7-8-16(26)17(9-13)29-2/h3-9,15,26H,10-11H2,1-2H3,(H2,23,24,25,27,28). The summed E-state index contributed by atoms with van der Waals surface area (Å²) in [6, 6.07) is 12.9. The fourth-order valence-electron chi connectivity index (χ4n) is 3.53. The highest BCUT2D eigenvalue weighted by molar-refractivity contribution is 7.98. The number of anilines is 1. The Morgan fingerprint density at radius 2 is 2.03 bits per heavy atom. The van der Waals surface area contributed by atoms with E-state index in [1.807, 2.05) is 31.2 Å². The predicted octanol–water partition coefficient (Wildman–Crippen LogP) is 3.56. The number of aromatic nitrogens is 2. The van der Waals surface area contributed by atoms with E-state index < -0.39 is 5.92 Å². The lowest BCUT2D eigenvalue weighted by atomic mass is 9.86. The van der Waals surface area contributed by atoms with Crippen molar-refractivity contribution < 1.29 is 14.6 Å². The zero-order chi connectivity index (χ0) is 21.3. The second kappa shape index (κ2) is 8.23. The first-order valence-electron chi connectivity index (χ1n) is 9.44. The Hall–Kier alpha value is -3.26. The van der Waals surface area contributed by atoms with Gasteiger partial charge in [0.05, 0.1) is 12.7 Å². The van der Waals surface area contributed by atoms with E-state index in [9.17, 15) is 14.7 Å². The van der Waals surface area contributed by atoms with E-state index in [0.29, 0.717) is 22.0 Å². The molecule has 0 aliphatic carbocycles. The van der Waals surface area contributed by atoms with Gasteiger partial charge in [-0.1, -0.05) is 42.1 Å². The van der Waals surface area contributed by atoms with Crippen molar-refractivity contribution in [1.82, 2.24) is 9.97 Å². The van der Waals surface area contributed by atoms with Crippen LogP contribution in [0.5, 0.6) is 11.5 Å². The number of aromatic amines is 1. The van der Waals surface area contributed by atoms with Crippen LogP contribution in [0.4, 0.5) is 5.82 Å². The van der Waals surface area contributed by atoms with Gasteiger partial charge in [0.15, 0.2) is 16.7 Å². The Balaban J connectivity index is 1.68. The zero-order valence-electron chi connectivity index (χ0n) is 16.6. The molecule has 3 aromatic rings. The number of hydrogen-bond acceptors (Lipinski definition) is 6. The van der Waals surface area contributed by atoms with Crippen LogP contribution in [0.25, 0.3) is 0 Å². The zero-order valence-corrected chi connectivity index (χ0v) is 17.4. The minimum atomic E-state index is -0.477. The van der Waals surface area contributed by atoms with E-state index in [1.165, 1.54) is 30.5 Å². The van der Waals surface area contributed by atoms with E-state index >= 15 is 0 Å². The minimum Gasteiger partial charge on any atom is -0.504 e. The molecular weight excluding hydrogens is 402 g/mol. The summed E-state index contributed by atoms with van der Waals surface area (Å²) < 4.78 is 5.17. The van der Waals surface area contributed by atoms with Gasteiger partial charge in [-0.15, -0.1) is 0 Å². The maximum absolute atomic E-state index is 12.9. The molecule has 8 heteroatoms. The van der Waals surface area contributed by atoms with Crippen molar-refractivity contribution in [3.8, 4) is 11.5 Å². The highest BCUT2D eigenvalue weighted by Crippen LogP contribution is 2.38. The second-order valence-corrected chi connectivity index (χ2v) is 8.05. The van der Waals surface area contributed by atoms with E-state index in [0.717, 1.165) is 5.56 Å². The molecule has 30 heavy (non-hydrogen) atoms. The largest absolute Gasteiger partial charge is 0.504 e. The van der Waals surface area contributed by atoms with Gasteiger partial charge in [-0.2, -0.15) is 0 Å². The Kier molecular flexibility index (Phi) is 5.50. The highest BCUT2D eigenvalue weighted by atomic mass is 32.2. The highest BCUT2D eigenvalue weighted by Gasteiger charge is 2.31. The van der Waals surface area contributed by atoms with Crippen LogP contribution in [0.15, 0.2) is 52.4 Å². The van der Waals surface area contributed by atoms with Crippen LogP contribution < -0.4 is 15.6 Å². The molecule has 1 aromatic heterocycles. The lowest BCUT2D eigenvalue weighted by Crippen LogP contribution is -2.31. The third-order valence-corrected chi connectivity index (χ3v) is 6.08. The van der Waals surface area contributed by atoms with Crippen LogP contribution in [0.2, 0.25) is 0 Å². The van der Waals surface area contributed by atoms with Crippen LogP contribution in [0.1, 0.15) is 34.6 Å². The molecule has 2 heterocycles. The van der Waals surface area contributed by atoms with Gasteiger partial charge in [-0.25, -0.2) is 4.98 Å². The van der Waals surface area contributed by atoms with Crippen LogP contribution in [-0.4, -0.2) is 28.1 Å². The van der Waals surface area contributed by atoms with Crippen molar-refractivity contribution in [2.75, 3.05) is 12.4 Å². The average molecular weight is 423 g/mol. The van der Waals surface area contributed by atoms with Gasteiger partial charge in [-0.3, -0.25) is 9.59 Å². The number of fused-ring (bicyclic) bond motifs is 1. The molecule has 0 spiro atoms. The predicted molar refractivity (Wildman–Crippen MR) is 115 cm³/mol. The molecule has 1 aliphatic heterocycles.